The Morgan fingerprint density at radius 3 is 2.63 bits per heavy atom. The Balaban J connectivity index is 1.18. The Hall–Kier alpha value is -2.79. The topological polar surface area (TPSA) is 51.0 Å². The van der Waals surface area contributed by atoms with E-state index in [1.165, 1.54) is 70.1 Å². The molecule has 3 aliphatic heterocycles. The van der Waals surface area contributed by atoms with Crippen molar-refractivity contribution in [3.05, 3.63) is 65.2 Å². The third-order valence-electron chi connectivity index (χ3n) is 9.07. The van der Waals surface area contributed by atoms with Gasteiger partial charge in [0, 0.05) is 18.7 Å². The number of piperidine rings is 3. The maximum Gasteiger partial charge on any atom is 0.150 e. The van der Waals surface area contributed by atoms with E-state index in [9.17, 15) is 4.79 Å². The van der Waals surface area contributed by atoms with Gasteiger partial charge < -0.3 is 4.90 Å². The maximum atomic E-state index is 11.0. The lowest BCUT2D eigenvalue weighted by atomic mass is 9.56. The molecule has 1 aliphatic carbocycles. The molecule has 0 spiro atoms. The Bertz CT molecular complexity index is 1210. The van der Waals surface area contributed by atoms with Gasteiger partial charge in [-0.3, -0.25) is 4.79 Å². The Kier molecular flexibility index (Phi) is 6.28. The standard InChI is InChI=1S/C30H36N4O/c35-22-24-10-11-29-28(20-24)31-32-34(29)16-5-2-7-23-8-6-9-26(19-23)30(14-3-1-4-15-30)27-21-33-17-12-25(27)13-18-33/h2,6-11,19-20,22,25,27H,1,3-5,12-18,21H2/b7-2+/t27-/m1/s1. The van der Waals surface area contributed by atoms with E-state index in [0.29, 0.717) is 11.0 Å². The van der Waals surface area contributed by atoms with Crippen LogP contribution < -0.4 is 0 Å². The lowest BCUT2D eigenvalue weighted by molar-refractivity contribution is -0.00812. The molecule has 0 amide bonds. The van der Waals surface area contributed by atoms with E-state index in [1.54, 1.807) is 11.6 Å². The molecule has 0 N–H and O–H groups in total. The normalized spacial score (nSPS) is 25.9. The third-order valence-corrected chi connectivity index (χ3v) is 9.07. The molecular weight excluding hydrogens is 432 g/mol. The first-order valence-corrected chi connectivity index (χ1v) is 13.5. The predicted molar refractivity (Wildman–Crippen MR) is 140 cm³/mol. The first-order chi connectivity index (χ1) is 17.2. The summed E-state index contributed by atoms with van der Waals surface area (Å²) in [6, 6.07) is 15.0. The van der Waals surface area contributed by atoms with Crippen molar-refractivity contribution in [3.8, 4) is 0 Å². The largest absolute Gasteiger partial charge is 0.303 e. The van der Waals surface area contributed by atoms with Crippen LogP contribution in [0.1, 0.15) is 72.9 Å². The molecule has 182 valence electrons. The van der Waals surface area contributed by atoms with Crippen molar-refractivity contribution in [1.29, 1.82) is 0 Å². The number of carbonyl (C=O) groups excluding carboxylic acids is 1. The molecule has 2 bridgehead atoms. The van der Waals surface area contributed by atoms with E-state index >= 15 is 0 Å². The lowest BCUT2D eigenvalue weighted by Gasteiger charge is -2.55. The fraction of sp³-hybridized carbons (Fsp3) is 0.500. The van der Waals surface area contributed by atoms with E-state index in [4.69, 9.17) is 0 Å². The molecule has 0 unspecified atom stereocenters. The van der Waals surface area contributed by atoms with Crippen LogP contribution >= 0.6 is 0 Å². The summed E-state index contributed by atoms with van der Waals surface area (Å²) in [5.41, 5.74) is 5.66. The maximum absolute atomic E-state index is 11.0. The number of aldehydes is 1. The van der Waals surface area contributed by atoms with Crippen molar-refractivity contribution in [2.45, 2.75) is 63.3 Å². The number of aromatic nitrogens is 3. The van der Waals surface area contributed by atoms with Crippen LogP contribution in [0.3, 0.4) is 0 Å². The molecule has 4 fully saturated rings. The number of fused-ring (bicyclic) bond motifs is 4. The van der Waals surface area contributed by atoms with E-state index < -0.39 is 0 Å². The molecule has 3 aromatic rings. The van der Waals surface area contributed by atoms with Gasteiger partial charge in [0.25, 0.3) is 0 Å². The van der Waals surface area contributed by atoms with Gasteiger partial charge in [0.15, 0.2) is 0 Å². The molecule has 1 aromatic heterocycles. The Morgan fingerprint density at radius 2 is 1.86 bits per heavy atom. The fourth-order valence-corrected chi connectivity index (χ4v) is 7.24. The van der Waals surface area contributed by atoms with Gasteiger partial charge in [-0.1, -0.05) is 60.9 Å². The number of benzene rings is 2. The van der Waals surface area contributed by atoms with Crippen molar-refractivity contribution in [2.75, 3.05) is 19.6 Å². The van der Waals surface area contributed by atoms with Gasteiger partial charge in [0.1, 0.15) is 11.8 Å². The number of hydrogen-bond acceptors (Lipinski definition) is 4. The predicted octanol–water partition coefficient (Wildman–Crippen LogP) is 5.89. The molecular formula is C30H36N4O. The van der Waals surface area contributed by atoms with Crippen molar-refractivity contribution in [1.82, 2.24) is 19.9 Å². The Morgan fingerprint density at radius 1 is 1.00 bits per heavy atom. The minimum atomic E-state index is 0.367. The number of aryl methyl sites for hydroxylation is 1. The first-order valence-electron chi connectivity index (χ1n) is 13.5. The molecule has 4 aliphatic rings. The first kappa shape index (κ1) is 22.7. The SMILES string of the molecule is O=Cc1ccc2c(c1)nnn2CC/C=C/c1cccc(C2([C@@H]3CN4CCC3CC4)CCCCC2)c1. The molecule has 1 atom stereocenters. The fourth-order valence-electron chi connectivity index (χ4n) is 7.24. The second-order valence-corrected chi connectivity index (χ2v) is 11.0. The van der Waals surface area contributed by atoms with Gasteiger partial charge in [-0.25, -0.2) is 4.68 Å². The molecule has 1 saturated carbocycles. The summed E-state index contributed by atoms with van der Waals surface area (Å²) in [6.07, 6.45) is 16.0. The number of hydrogen-bond donors (Lipinski definition) is 0. The molecule has 5 nitrogen and oxygen atoms in total. The summed E-state index contributed by atoms with van der Waals surface area (Å²) < 4.78 is 1.93. The lowest BCUT2D eigenvalue weighted by Crippen LogP contribution is -2.55. The van der Waals surface area contributed by atoms with E-state index in [0.717, 1.165) is 42.1 Å². The van der Waals surface area contributed by atoms with Crippen LogP contribution in [0.15, 0.2) is 48.5 Å². The molecule has 0 radical (unpaired) electrons. The molecule has 7 rings (SSSR count). The monoisotopic (exact) mass is 468 g/mol. The highest BCUT2D eigenvalue weighted by atomic mass is 16.1. The molecule has 4 heterocycles. The summed E-state index contributed by atoms with van der Waals surface area (Å²) >= 11 is 0. The van der Waals surface area contributed by atoms with Crippen molar-refractivity contribution < 1.29 is 4.79 Å². The van der Waals surface area contributed by atoms with E-state index in [2.05, 4.69) is 51.6 Å². The highest BCUT2D eigenvalue weighted by Gasteiger charge is 2.48. The quantitative estimate of drug-likeness (QED) is 0.406. The second-order valence-electron chi connectivity index (χ2n) is 11.0. The van der Waals surface area contributed by atoms with Crippen molar-refractivity contribution >= 4 is 23.4 Å². The summed E-state index contributed by atoms with van der Waals surface area (Å²) in [7, 11) is 0. The second kappa shape index (κ2) is 9.69. The minimum Gasteiger partial charge on any atom is -0.303 e. The van der Waals surface area contributed by atoms with Gasteiger partial charge in [-0.15, -0.1) is 5.10 Å². The summed E-state index contributed by atoms with van der Waals surface area (Å²) in [5.74, 6) is 1.74. The van der Waals surface area contributed by atoms with Crippen LogP contribution in [0.25, 0.3) is 17.1 Å². The smallest absolute Gasteiger partial charge is 0.150 e. The average Bonchev–Trinajstić information content (AvgIpc) is 3.34. The summed E-state index contributed by atoms with van der Waals surface area (Å²) in [4.78, 5) is 13.7. The number of carbonyl (C=O) groups is 1. The van der Waals surface area contributed by atoms with Crippen LogP contribution in [-0.2, 0) is 12.0 Å². The third kappa shape index (κ3) is 4.35. The zero-order valence-electron chi connectivity index (χ0n) is 20.6. The highest BCUT2D eigenvalue weighted by Crippen LogP contribution is 2.52. The van der Waals surface area contributed by atoms with Crippen molar-refractivity contribution in [2.24, 2.45) is 11.8 Å². The van der Waals surface area contributed by atoms with Crippen LogP contribution in [0, 0.1) is 11.8 Å². The van der Waals surface area contributed by atoms with Gasteiger partial charge in [-0.05, 0) is 91.8 Å². The van der Waals surface area contributed by atoms with E-state index in [1.807, 2.05) is 16.8 Å². The van der Waals surface area contributed by atoms with Gasteiger partial charge in [0.05, 0.1) is 5.52 Å². The van der Waals surface area contributed by atoms with Gasteiger partial charge in [-0.2, -0.15) is 0 Å². The van der Waals surface area contributed by atoms with E-state index in [-0.39, 0.29) is 0 Å². The number of rotatable bonds is 7. The zero-order valence-corrected chi connectivity index (χ0v) is 20.6. The zero-order chi connectivity index (χ0) is 23.7. The highest BCUT2D eigenvalue weighted by molar-refractivity contribution is 5.84. The Labute approximate surface area is 208 Å². The molecule has 5 heteroatoms. The average molecular weight is 469 g/mol. The van der Waals surface area contributed by atoms with Gasteiger partial charge >= 0.3 is 0 Å². The van der Waals surface area contributed by atoms with Crippen LogP contribution in [-0.4, -0.2) is 45.8 Å². The van der Waals surface area contributed by atoms with Crippen LogP contribution in [0.4, 0.5) is 0 Å². The molecule has 35 heavy (non-hydrogen) atoms. The summed E-state index contributed by atoms with van der Waals surface area (Å²) in [5, 5.41) is 8.51. The minimum absolute atomic E-state index is 0.367. The van der Waals surface area contributed by atoms with Crippen LogP contribution in [0.5, 0.6) is 0 Å². The van der Waals surface area contributed by atoms with Crippen molar-refractivity contribution in [3.63, 3.8) is 0 Å². The molecule has 3 saturated heterocycles. The number of nitrogens with zero attached hydrogens (tertiary/aromatic N) is 4. The van der Waals surface area contributed by atoms with Gasteiger partial charge in [0.2, 0.25) is 0 Å². The molecule has 2 aromatic carbocycles. The van der Waals surface area contributed by atoms with Crippen LogP contribution in [0.2, 0.25) is 0 Å². The summed E-state index contributed by atoms with van der Waals surface area (Å²) in [6.45, 7) is 4.72. The number of allylic oxidation sites excluding steroid dienone is 1.